The summed E-state index contributed by atoms with van der Waals surface area (Å²) in [7, 11) is -3.98. The Morgan fingerprint density at radius 3 is 2.38 bits per heavy atom. The molecule has 1 heterocycles. The van der Waals surface area contributed by atoms with Crippen molar-refractivity contribution in [2.45, 2.75) is 37.1 Å². The minimum absolute atomic E-state index is 0.0706. The van der Waals surface area contributed by atoms with Crippen molar-refractivity contribution in [1.82, 2.24) is 9.62 Å². The fourth-order valence-electron chi connectivity index (χ4n) is 2.62. The summed E-state index contributed by atoms with van der Waals surface area (Å²) in [5.41, 5.74) is 0.381. The Kier molecular flexibility index (Phi) is 7.13. The van der Waals surface area contributed by atoms with Crippen molar-refractivity contribution in [3.63, 3.8) is 0 Å². The van der Waals surface area contributed by atoms with Gasteiger partial charge < -0.3 is 14.7 Å². The van der Waals surface area contributed by atoms with Gasteiger partial charge in [0.15, 0.2) is 0 Å². The molecule has 0 aliphatic carbocycles. The lowest BCUT2D eigenvalue weighted by atomic mass is 10.1. The fraction of sp³-hybridized carbons (Fsp3) is 0.529. The van der Waals surface area contributed by atoms with Gasteiger partial charge in [-0.15, -0.1) is 0 Å². The molecule has 0 radical (unpaired) electrons. The first kappa shape index (κ1) is 20.3. The monoisotopic (exact) mass is 384 g/mol. The van der Waals surface area contributed by atoms with Crippen LogP contribution >= 0.6 is 0 Å². The number of carbonyl (C=O) groups excluding carboxylic acids is 1. The maximum Gasteiger partial charge on any atom is 0.321 e. The third-order valence-corrected chi connectivity index (χ3v) is 5.64. The zero-order chi connectivity index (χ0) is 19.2. The van der Waals surface area contributed by atoms with Crippen LogP contribution in [0.2, 0.25) is 0 Å². The average Bonchev–Trinajstić information content (AvgIpc) is 2.65. The lowest BCUT2D eigenvalue weighted by Crippen LogP contribution is -2.41. The minimum Gasteiger partial charge on any atom is -0.480 e. The Labute approximate surface area is 153 Å². The van der Waals surface area contributed by atoms with E-state index in [1.54, 1.807) is 4.90 Å². The molecular weight excluding hydrogens is 360 g/mol. The highest BCUT2D eigenvalue weighted by atomic mass is 32.2. The first-order valence-corrected chi connectivity index (χ1v) is 10.1. The van der Waals surface area contributed by atoms with E-state index < -0.39 is 22.0 Å². The van der Waals surface area contributed by atoms with Gasteiger partial charge in [-0.05, 0) is 30.7 Å². The fourth-order valence-corrected chi connectivity index (χ4v) is 3.85. The third-order valence-electron chi connectivity index (χ3n) is 4.15. The number of carbonyl (C=O) groups is 2. The second-order valence-electron chi connectivity index (χ2n) is 6.08. The number of hydrogen-bond donors (Lipinski definition) is 2. The molecule has 1 aromatic carbocycles. The predicted molar refractivity (Wildman–Crippen MR) is 94.4 cm³/mol. The van der Waals surface area contributed by atoms with Crippen molar-refractivity contribution >= 4 is 21.9 Å². The van der Waals surface area contributed by atoms with E-state index in [9.17, 15) is 23.1 Å². The van der Waals surface area contributed by atoms with E-state index in [4.69, 9.17) is 4.74 Å². The molecule has 1 aromatic rings. The molecule has 1 saturated heterocycles. The van der Waals surface area contributed by atoms with Crippen LogP contribution in [0.1, 0.15) is 36.5 Å². The zero-order valence-corrected chi connectivity index (χ0v) is 15.5. The second-order valence-corrected chi connectivity index (χ2v) is 7.80. The van der Waals surface area contributed by atoms with Crippen molar-refractivity contribution in [2.24, 2.45) is 0 Å². The normalized spacial score (nSPS) is 16.3. The van der Waals surface area contributed by atoms with E-state index in [0.717, 1.165) is 6.42 Å². The zero-order valence-electron chi connectivity index (χ0n) is 14.7. The van der Waals surface area contributed by atoms with Crippen LogP contribution in [0.5, 0.6) is 0 Å². The van der Waals surface area contributed by atoms with Crippen LogP contribution in [0.15, 0.2) is 29.2 Å². The number of benzene rings is 1. The Balaban J connectivity index is 2.10. The number of sulfonamides is 1. The van der Waals surface area contributed by atoms with Gasteiger partial charge in [-0.25, -0.2) is 8.42 Å². The summed E-state index contributed by atoms with van der Waals surface area (Å²) in [6.45, 7) is 3.86. The van der Waals surface area contributed by atoms with Crippen molar-refractivity contribution in [1.29, 1.82) is 0 Å². The number of nitrogens with one attached hydrogen (secondary N) is 1. The van der Waals surface area contributed by atoms with E-state index >= 15 is 0 Å². The van der Waals surface area contributed by atoms with Crippen molar-refractivity contribution in [3.8, 4) is 0 Å². The highest BCUT2D eigenvalue weighted by molar-refractivity contribution is 7.89. The Morgan fingerprint density at radius 1 is 1.23 bits per heavy atom. The number of carboxylic acids is 1. The number of unbranched alkanes of at least 4 members (excludes halogenated alkanes) is 1. The lowest BCUT2D eigenvalue weighted by Gasteiger charge is -2.26. The summed E-state index contributed by atoms with van der Waals surface area (Å²) in [5.74, 6) is -1.39. The standard InChI is InChI=1S/C17H24N2O6S/c1-2-3-4-15(17(21)22)18-26(23,24)14-7-5-13(6-8-14)16(20)19-9-11-25-12-10-19/h5-8,15,18H,2-4,9-12H2,1H3,(H,21,22). The molecule has 0 spiro atoms. The van der Waals surface area contributed by atoms with E-state index in [0.29, 0.717) is 38.3 Å². The van der Waals surface area contributed by atoms with E-state index in [-0.39, 0.29) is 17.2 Å². The van der Waals surface area contributed by atoms with Crippen LogP contribution in [0.25, 0.3) is 0 Å². The van der Waals surface area contributed by atoms with Gasteiger partial charge in [-0.3, -0.25) is 9.59 Å². The van der Waals surface area contributed by atoms with E-state index in [1.807, 2.05) is 6.92 Å². The molecule has 0 saturated carbocycles. The molecule has 1 amide bonds. The molecule has 1 unspecified atom stereocenters. The molecular formula is C17H24N2O6S. The smallest absolute Gasteiger partial charge is 0.321 e. The maximum atomic E-state index is 12.4. The van der Waals surface area contributed by atoms with Gasteiger partial charge in [0, 0.05) is 18.7 Å². The average molecular weight is 384 g/mol. The molecule has 8 nitrogen and oxygen atoms in total. The molecule has 26 heavy (non-hydrogen) atoms. The summed E-state index contributed by atoms with van der Waals surface area (Å²) in [5, 5.41) is 9.18. The summed E-state index contributed by atoms with van der Waals surface area (Å²) >= 11 is 0. The minimum atomic E-state index is -3.98. The Hall–Kier alpha value is -1.97. The second kappa shape index (κ2) is 9.11. The maximum absolute atomic E-state index is 12.4. The first-order valence-electron chi connectivity index (χ1n) is 8.57. The van der Waals surface area contributed by atoms with Gasteiger partial charge in [0.25, 0.3) is 5.91 Å². The molecule has 1 aliphatic heterocycles. The van der Waals surface area contributed by atoms with Crippen LogP contribution in [0.3, 0.4) is 0 Å². The summed E-state index contributed by atoms with van der Waals surface area (Å²) in [6.07, 6.45) is 1.59. The summed E-state index contributed by atoms with van der Waals surface area (Å²) < 4.78 is 32.2. The number of amides is 1. The molecule has 1 fully saturated rings. The summed E-state index contributed by atoms with van der Waals surface area (Å²) in [4.78, 5) is 25.2. The van der Waals surface area contributed by atoms with Crippen molar-refractivity contribution in [2.75, 3.05) is 26.3 Å². The number of aliphatic carboxylic acids is 1. The lowest BCUT2D eigenvalue weighted by molar-refractivity contribution is -0.139. The van der Waals surface area contributed by atoms with Crippen LogP contribution < -0.4 is 4.72 Å². The van der Waals surface area contributed by atoms with E-state index in [1.165, 1.54) is 24.3 Å². The largest absolute Gasteiger partial charge is 0.480 e. The highest BCUT2D eigenvalue weighted by Gasteiger charge is 2.25. The van der Waals surface area contributed by atoms with Crippen LogP contribution in [0.4, 0.5) is 0 Å². The van der Waals surface area contributed by atoms with E-state index in [2.05, 4.69) is 4.72 Å². The molecule has 2 rings (SSSR count). The van der Waals surface area contributed by atoms with Gasteiger partial charge in [0.1, 0.15) is 6.04 Å². The van der Waals surface area contributed by atoms with Crippen LogP contribution in [-0.2, 0) is 19.6 Å². The van der Waals surface area contributed by atoms with Crippen molar-refractivity contribution < 1.29 is 27.9 Å². The topological polar surface area (TPSA) is 113 Å². The molecule has 1 atom stereocenters. The number of ether oxygens (including phenoxy) is 1. The highest BCUT2D eigenvalue weighted by Crippen LogP contribution is 2.15. The number of carboxylic acid groups (broad SMARTS) is 1. The third kappa shape index (κ3) is 5.26. The first-order chi connectivity index (χ1) is 12.3. The van der Waals surface area contributed by atoms with Gasteiger partial charge in [-0.1, -0.05) is 19.8 Å². The molecule has 1 aliphatic rings. The number of morpholine rings is 1. The van der Waals surface area contributed by atoms with Crippen LogP contribution in [-0.4, -0.2) is 62.6 Å². The quantitative estimate of drug-likeness (QED) is 0.693. The number of rotatable bonds is 8. The summed E-state index contributed by atoms with van der Waals surface area (Å²) in [6, 6.07) is 4.33. The van der Waals surface area contributed by atoms with Crippen LogP contribution in [0, 0.1) is 0 Å². The number of nitrogens with zero attached hydrogens (tertiary/aromatic N) is 1. The molecule has 9 heteroatoms. The van der Waals surface area contributed by atoms with Gasteiger partial charge in [0.05, 0.1) is 18.1 Å². The molecule has 2 N–H and O–H groups in total. The molecule has 0 aromatic heterocycles. The van der Waals surface area contributed by atoms with Crippen molar-refractivity contribution in [3.05, 3.63) is 29.8 Å². The van der Waals surface area contributed by atoms with Gasteiger partial charge in [-0.2, -0.15) is 4.72 Å². The SMILES string of the molecule is CCCCC(NS(=O)(=O)c1ccc(C(=O)N2CCOCC2)cc1)C(=O)O. The Bertz CT molecular complexity index is 726. The Morgan fingerprint density at radius 2 is 1.85 bits per heavy atom. The number of hydrogen-bond acceptors (Lipinski definition) is 5. The predicted octanol–water partition coefficient (Wildman–Crippen LogP) is 1.08. The molecule has 0 bridgehead atoms. The molecule has 144 valence electrons. The van der Waals surface area contributed by atoms with Gasteiger partial charge in [0.2, 0.25) is 10.0 Å². The van der Waals surface area contributed by atoms with Gasteiger partial charge >= 0.3 is 5.97 Å².